The van der Waals surface area contributed by atoms with Gasteiger partial charge in [0.05, 0.1) is 11.9 Å². The quantitative estimate of drug-likeness (QED) is 0.812. The van der Waals surface area contributed by atoms with Crippen molar-refractivity contribution in [2.45, 2.75) is 18.8 Å². The van der Waals surface area contributed by atoms with Gasteiger partial charge in [0.15, 0.2) is 6.10 Å². The molecule has 1 unspecified atom stereocenters. The van der Waals surface area contributed by atoms with E-state index in [1.807, 2.05) is 0 Å². The van der Waals surface area contributed by atoms with E-state index >= 15 is 0 Å². The standard InChI is InChI=1S/C9H11F3N2O2/c10-9(11,12)8(15)5-16-7-2-1-6(3-13)14-4-7/h1-2,4,8,15H,3,5,13H2. The molecule has 0 bridgehead atoms. The number of aliphatic hydroxyl groups is 1. The highest BCUT2D eigenvalue weighted by Crippen LogP contribution is 2.20. The molecular weight excluding hydrogens is 225 g/mol. The normalized spacial score (nSPS) is 13.6. The average Bonchev–Trinajstić information content (AvgIpc) is 2.25. The smallest absolute Gasteiger partial charge is 0.417 e. The molecule has 0 aliphatic rings. The van der Waals surface area contributed by atoms with Crippen molar-refractivity contribution in [2.24, 2.45) is 5.73 Å². The van der Waals surface area contributed by atoms with Gasteiger partial charge < -0.3 is 15.6 Å². The number of hydrogen-bond acceptors (Lipinski definition) is 4. The second kappa shape index (κ2) is 5.13. The zero-order valence-corrected chi connectivity index (χ0v) is 8.24. The SMILES string of the molecule is NCc1ccc(OCC(O)C(F)(F)F)cn1. The summed E-state index contributed by atoms with van der Waals surface area (Å²) in [6, 6.07) is 2.98. The molecule has 3 N–H and O–H groups in total. The zero-order valence-electron chi connectivity index (χ0n) is 8.24. The predicted octanol–water partition coefficient (Wildman–Crippen LogP) is 0.842. The van der Waals surface area contributed by atoms with Crippen LogP contribution >= 0.6 is 0 Å². The van der Waals surface area contributed by atoms with E-state index in [-0.39, 0.29) is 12.3 Å². The van der Waals surface area contributed by atoms with Crippen molar-refractivity contribution < 1.29 is 23.0 Å². The molecule has 1 atom stereocenters. The summed E-state index contributed by atoms with van der Waals surface area (Å²) in [5.41, 5.74) is 5.89. The Morgan fingerprint density at radius 1 is 1.44 bits per heavy atom. The molecule has 1 aromatic heterocycles. The molecular formula is C9H11F3N2O2. The van der Waals surface area contributed by atoms with Crippen LogP contribution in [0.5, 0.6) is 5.75 Å². The molecule has 0 amide bonds. The largest absolute Gasteiger partial charge is 0.489 e. The summed E-state index contributed by atoms with van der Waals surface area (Å²) >= 11 is 0. The Morgan fingerprint density at radius 3 is 2.56 bits per heavy atom. The van der Waals surface area contributed by atoms with Crippen molar-refractivity contribution in [3.05, 3.63) is 24.0 Å². The maximum absolute atomic E-state index is 11.9. The van der Waals surface area contributed by atoms with Gasteiger partial charge in [-0.3, -0.25) is 4.98 Å². The van der Waals surface area contributed by atoms with Crippen LogP contribution in [0.4, 0.5) is 13.2 Å². The zero-order chi connectivity index (χ0) is 12.2. The summed E-state index contributed by atoms with van der Waals surface area (Å²) in [5, 5.41) is 8.66. The molecule has 0 radical (unpaired) electrons. The lowest BCUT2D eigenvalue weighted by atomic mass is 10.3. The van der Waals surface area contributed by atoms with Gasteiger partial charge >= 0.3 is 6.18 Å². The van der Waals surface area contributed by atoms with Crippen LogP contribution in [0.25, 0.3) is 0 Å². The number of hydrogen-bond donors (Lipinski definition) is 2. The van der Waals surface area contributed by atoms with Gasteiger partial charge in [0.2, 0.25) is 0 Å². The van der Waals surface area contributed by atoms with Crippen molar-refractivity contribution >= 4 is 0 Å². The second-order valence-electron chi connectivity index (χ2n) is 3.06. The van der Waals surface area contributed by atoms with Crippen molar-refractivity contribution in [2.75, 3.05) is 6.61 Å². The van der Waals surface area contributed by atoms with Gasteiger partial charge in [0, 0.05) is 6.54 Å². The number of ether oxygens (including phenoxy) is 1. The summed E-state index contributed by atoms with van der Waals surface area (Å²) in [6.07, 6.45) is -5.92. The summed E-state index contributed by atoms with van der Waals surface area (Å²) in [4.78, 5) is 3.82. The fourth-order valence-corrected chi connectivity index (χ4v) is 0.887. The van der Waals surface area contributed by atoms with E-state index in [1.165, 1.54) is 18.3 Å². The molecule has 0 aromatic carbocycles. The molecule has 0 saturated carbocycles. The van der Waals surface area contributed by atoms with Crippen LogP contribution in [0.3, 0.4) is 0 Å². The molecule has 1 heterocycles. The van der Waals surface area contributed by atoms with Crippen LogP contribution in [0.15, 0.2) is 18.3 Å². The van der Waals surface area contributed by atoms with Crippen molar-refractivity contribution in [3.8, 4) is 5.75 Å². The van der Waals surface area contributed by atoms with Crippen molar-refractivity contribution in [3.63, 3.8) is 0 Å². The molecule has 0 fully saturated rings. The van der Waals surface area contributed by atoms with Crippen LogP contribution < -0.4 is 10.5 Å². The van der Waals surface area contributed by atoms with E-state index in [9.17, 15) is 13.2 Å². The molecule has 0 aliphatic heterocycles. The number of halogens is 3. The van der Waals surface area contributed by atoms with Crippen LogP contribution in [-0.2, 0) is 6.54 Å². The van der Waals surface area contributed by atoms with E-state index in [2.05, 4.69) is 4.98 Å². The Bertz CT molecular complexity index is 327. The minimum Gasteiger partial charge on any atom is -0.489 e. The van der Waals surface area contributed by atoms with Gasteiger partial charge in [-0.1, -0.05) is 0 Å². The first kappa shape index (κ1) is 12.7. The molecule has 90 valence electrons. The monoisotopic (exact) mass is 236 g/mol. The maximum Gasteiger partial charge on any atom is 0.417 e. The van der Waals surface area contributed by atoms with Crippen LogP contribution in [0, 0.1) is 0 Å². The van der Waals surface area contributed by atoms with E-state index in [1.54, 1.807) is 0 Å². The minimum absolute atomic E-state index is 0.153. The first-order valence-corrected chi connectivity index (χ1v) is 4.46. The first-order valence-electron chi connectivity index (χ1n) is 4.46. The Morgan fingerprint density at radius 2 is 2.12 bits per heavy atom. The van der Waals surface area contributed by atoms with Crippen LogP contribution in [0.1, 0.15) is 5.69 Å². The fourth-order valence-electron chi connectivity index (χ4n) is 0.887. The van der Waals surface area contributed by atoms with E-state index in [0.717, 1.165) is 0 Å². The Balaban J connectivity index is 2.48. The molecule has 0 spiro atoms. The number of aliphatic hydroxyl groups excluding tert-OH is 1. The number of alkyl halides is 3. The molecule has 4 nitrogen and oxygen atoms in total. The summed E-state index contributed by atoms with van der Waals surface area (Å²) in [7, 11) is 0. The van der Waals surface area contributed by atoms with Gasteiger partial charge in [0.1, 0.15) is 12.4 Å². The number of nitrogens with zero attached hydrogens (tertiary/aromatic N) is 1. The lowest BCUT2D eigenvalue weighted by Crippen LogP contribution is -2.34. The maximum atomic E-state index is 11.9. The van der Waals surface area contributed by atoms with E-state index in [0.29, 0.717) is 5.69 Å². The highest BCUT2D eigenvalue weighted by atomic mass is 19.4. The van der Waals surface area contributed by atoms with Crippen molar-refractivity contribution in [1.82, 2.24) is 4.98 Å². The van der Waals surface area contributed by atoms with Crippen molar-refractivity contribution in [1.29, 1.82) is 0 Å². The fraction of sp³-hybridized carbons (Fsp3) is 0.444. The highest BCUT2D eigenvalue weighted by Gasteiger charge is 2.38. The lowest BCUT2D eigenvalue weighted by molar-refractivity contribution is -0.210. The summed E-state index contributed by atoms with van der Waals surface area (Å²) in [5.74, 6) is 0.153. The Hall–Kier alpha value is -1.34. The molecule has 0 saturated heterocycles. The summed E-state index contributed by atoms with van der Waals surface area (Å²) in [6.45, 7) is -0.612. The third-order valence-corrected chi connectivity index (χ3v) is 1.79. The van der Waals surface area contributed by atoms with Crippen LogP contribution in [-0.4, -0.2) is 29.0 Å². The van der Waals surface area contributed by atoms with E-state index in [4.69, 9.17) is 15.6 Å². The lowest BCUT2D eigenvalue weighted by Gasteiger charge is -2.15. The summed E-state index contributed by atoms with van der Waals surface area (Å²) < 4.78 is 40.4. The van der Waals surface area contributed by atoms with Gasteiger partial charge in [0.25, 0.3) is 0 Å². The number of pyridine rings is 1. The Kier molecular flexibility index (Phi) is 4.08. The van der Waals surface area contributed by atoms with Gasteiger partial charge in [-0.2, -0.15) is 13.2 Å². The topological polar surface area (TPSA) is 68.4 Å². The second-order valence-corrected chi connectivity index (χ2v) is 3.06. The first-order chi connectivity index (χ1) is 7.43. The predicted molar refractivity (Wildman–Crippen MR) is 49.7 cm³/mol. The van der Waals surface area contributed by atoms with Gasteiger partial charge in [-0.15, -0.1) is 0 Å². The number of aromatic nitrogens is 1. The number of rotatable bonds is 4. The molecule has 1 aromatic rings. The molecule has 16 heavy (non-hydrogen) atoms. The van der Waals surface area contributed by atoms with Crippen LogP contribution in [0.2, 0.25) is 0 Å². The third kappa shape index (κ3) is 3.67. The molecule has 7 heteroatoms. The molecule has 1 rings (SSSR count). The third-order valence-electron chi connectivity index (χ3n) is 1.79. The highest BCUT2D eigenvalue weighted by molar-refractivity contribution is 5.19. The average molecular weight is 236 g/mol. The minimum atomic E-state index is -4.68. The Labute approximate surface area is 89.9 Å². The van der Waals surface area contributed by atoms with Gasteiger partial charge in [-0.25, -0.2) is 0 Å². The molecule has 0 aliphatic carbocycles. The van der Waals surface area contributed by atoms with E-state index < -0.39 is 18.9 Å². The van der Waals surface area contributed by atoms with Gasteiger partial charge in [-0.05, 0) is 12.1 Å². The number of nitrogens with two attached hydrogens (primary N) is 1.